The second kappa shape index (κ2) is 35.4. The Kier molecular flexibility index (Phi) is 34.3. The first-order chi connectivity index (χ1) is 22.1. The topological polar surface area (TPSA) is 89.8 Å². The van der Waals surface area contributed by atoms with Gasteiger partial charge in [-0.1, -0.05) is 172 Å². The summed E-state index contributed by atoms with van der Waals surface area (Å²) < 4.78 is 0. The van der Waals surface area contributed by atoms with Gasteiger partial charge in [-0.3, -0.25) is 4.79 Å². The molecule has 0 saturated heterocycles. The Morgan fingerprint density at radius 1 is 0.556 bits per heavy atom. The number of aliphatic hydroxyl groups excluding tert-OH is 3. The van der Waals surface area contributed by atoms with Crippen molar-refractivity contribution in [2.24, 2.45) is 0 Å². The summed E-state index contributed by atoms with van der Waals surface area (Å²) in [5.74, 6) is -0.515. The zero-order chi connectivity index (χ0) is 33.1. The number of carbonyl (C=O) groups is 1. The third-order valence-corrected chi connectivity index (χ3v) is 8.73. The molecule has 0 aliphatic carbocycles. The molecular formula is C40H75NO4. The Labute approximate surface area is 279 Å². The van der Waals surface area contributed by atoms with E-state index in [-0.39, 0.29) is 6.61 Å². The molecule has 0 rings (SSSR count). The number of unbranched alkanes of at least 4 members (excludes halogenated alkanes) is 22. The fraction of sp³-hybridized carbons (Fsp3) is 0.825. The van der Waals surface area contributed by atoms with Gasteiger partial charge in [0.25, 0.3) is 0 Å². The maximum atomic E-state index is 12.4. The molecule has 3 atom stereocenters. The van der Waals surface area contributed by atoms with Crippen LogP contribution < -0.4 is 5.32 Å². The molecule has 45 heavy (non-hydrogen) atoms. The molecule has 1 amide bonds. The second-order valence-corrected chi connectivity index (χ2v) is 13.1. The summed E-state index contributed by atoms with van der Waals surface area (Å²) in [4.78, 5) is 12.4. The zero-order valence-electron chi connectivity index (χ0n) is 29.7. The molecule has 0 aromatic rings. The van der Waals surface area contributed by atoms with E-state index in [1.807, 2.05) is 6.08 Å². The molecule has 0 saturated carbocycles. The summed E-state index contributed by atoms with van der Waals surface area (Å²) in [6, 6.07) is -0.799. The van der Waals surface area contributed by atoms with Crippen molar-refractivity contribution in [3.05, 3.63) is 36.5 Å². The van der Waals surface area contributed by atoms with E-state index in [0.717, 1.165) is 44.9 Å². The van der Waals surface area contributed by atoms with E-state index < -0.39 is 24.2 Å². The summed E-state index contributed by atoms with van der Waals surface area (Å²) in [6.07, 6.45) is 43.1. The standard InChI is InChI=1S/C40H75NO4/c1-3-5-7-9-11-13-14-15-16-17-18-19-20-21-22-23-24-25-27-29-31-33-35-39(44)40(45)41-37(36-42)38(43)34-32-30-28-26-12-10-8-6-4-2/h18-19,21-22,32,34,37-39,42-44H,3-17,20,23-31,33,35-36H2,1-2H3,(H,41,45)/b19-18-,22-21-,34-32+. The van der Waals surface area contributed by atoms with E-state index in [2.05, 4.69) is 43.5 Å². The van der Waals surface area contributed by atoms with Gasteiger partial charge in [-0.15, -0.1) is 0 Å². The maximum Gasteiger partial charge on any atom is 0.249 e. The van der Waals surface area contributed by atoms with Crippen molar-refractivity contribution in [2.45, 2.75) is 205 Å². The van der Waals surface area contributed by atoms with E-state index in [9.17, 15) is 20.1 Å². The second-order valence-electron chi connectivity index (χ2n) is 13.1. The third-order valence-electron chi connectivity index (χ3n) is 8.73. The molecular weight excluding hydrogens is 558 g/mol. The average molecular weight is 634 g/mol. The summed E-state index contributed by atoms with van der Waals surface area (Å²) in [7, 11) is 0. The van der Waals surface area contributed by atoms with Crippen molar-refractivity contribution >= 4 is 5.91 Å². The summed E-state index contributed by atoms with van der Waals surface area (Å²) in [5, 5.41) is 32.9. The van der Waals surface area contributed by atoms with Gasteiger partial charge in [0.15, 0.2) is 0 Å². The molecule has 0 aromatic heterocycles. The van der Waals surface area contributed by atoms with E-state index in [1.54, 1.807) is 6.08 Å². The minimum atomic E-state index is -1.10. The highest BCUT2D eigenvalue weighted by molar-refractivity contribution is 5.80. The molecule has 5 nitrogen and oxygen atoms in total. The molecule has 0 spiro atoms. The minimum absolute atomic E-state index is 0.368. The quantitative estimate of drug-likeness (QED) is 0.0419. The van der Waals surface area contributed by atoms with E-state index in [4.69, 9.17) is 0 Å². The van der Waals surface area contributed by atoms with Gasteiger partial charge < -0.3 is 20.6 Å². The highest BCUT2D eigenvalue weighted by atomic mass is 16.3. The fourth-order valence-electron chi connectivity index (χ4n) is 5.62. The summed E-state index contributed by atoms with van der Waals surface area (Å²) >= 11 is 0. The van der Waals surface area contributed by atoms with Gasteiger partial charge in [-0.05, 0) is 51.4 Å². The minimum Gasteiger partial charge on any atom is -0.394 e. The number of hydrogen-bond acceptors (Lipinski definition) is 4. The lowest BCUT2D eigenvalue weighted by atomic mass is 10.0. The Morgan fingerprint density at radius 2 is 0.956 bits per heavy atom. The van der Waals surface area contributed by atoms with Gasteiger partial charge in [-0.2, -0.15) is 0 Å². The first kappa shape index (κ1) is 43.6. The van der Waals surface area contributed by atoms with E-state index in [1.165, 1.54) is 122 Å². The lowest BCUT2D eigenvalue weighted by Gasteiger charge is -2.21. The Balaban J connectivity index is 3.70. The molecule has 0 aliphatic heterocycles. The van der Waals surface area contributed by atoms with Gasteiger partial charge in [0.05, 0.1) is 18.8 Å². The first-order valence-electron chi connectivity index (χ1n) is 19.3. The highest BCUT2D eigenvalue weighted by Crippen LogP contribution is 2.13. The number of nitrogens with one attached hydrogen (secondary N) is 1. The Bertz CT molecular complexity index is 704. The zero-order valence-corrected chi connectivity index (χ0v) is 29.7. The van der Waals surface area contributed by atoms with Crippen LogP contribution in [0, 0.1) is 0 Å². The van der Waals surface area contributed by atoms with Gasteiger partial charge in [-0.25, -0.2) is 0 Å². The van der Waals surface area contributed by atoms with Gasteiger partial charge in [0.1, 0.15) is 6.10 Å². The average Bonchev–Trinajstić information content (AvgIpc) is 3.04. The Hall–Kier alpha value is -1.43. The maximum absolute atomic E-state index is 12.4. The van der Waals surface area contributed by atoms with Crippen LogP contribution in [0.1, 0.15) is 187 Å². The van der Waals surface area contributed by atoms with Crippen molar-refractivity contribution in [2.75, 3.05) is 6.61 Å². The molecule has 4 N–H and O–H groups in total. The van der Waals surface area contributed by atoms with Gasteiger partial charge in [0.2, 0.25) is 5.91 Å². The van der Waals surface area contributed by atoms with Crippen LogP contribution >= 0.6 is 0 Å². The van der Waals surface area contributed by atoms with Crippen molar-refractivity contribution in [3.8, 4) is 0 Å². The number of hydrogen-bond donors (Lipinski definition) is 4. The molecule has 0 aromatic carbocycles. The normalized spacial score (nSPS) is 14.2. The smallest absolute Gasteiger partial charge is 0.249 e. The van der Waals surface area contributed by atoms with Gasteiger partial charge >= 0.3 is 0 Å². The van der Waals surface area contributed by atoms with Crippen LogP contribution in [-0.2, 0) is 4.79 Å². The molecule has 0 heterocycles. The van der Waals surface area contributed by atoms with Crippen LogP contribution in [0.3, 0.4) is 0 Å². The van der Waals surface area contributed by atoms with E-state index in [0.29, 0.717) is 6.42 Å². The van der Waals surface area contributed by atoms with E-state index >= 15 is 0 Å². The predicted octanol–water partition coefficient (Wildman–Crippen LogP) is 10.4. The first-order valence-corrected chi connectivity index (χ1v) is 19.3. The van der Waals surface area contributed by atoms with Crippen LogP contribution in [-0.4, -0.2) is 46.1 Å². The van der Waals surface area contributed by atoms with Crippen LogP contribution in [0.5, 0.6) is 0 Å². The summed E-state index contributed by atoms with van der Waals surface area (Å²) in [5.41, 5.74) is 0. The Morgan fingerprint density at radius 3 is 1.40 bits per heavy atom. The molecule has 0 fully saturated rings. The number of amides is 1. The highest BCUT2D eigenvalue weighted by Gasteiger charge is 2.22. The predicted molar refractivity (Wildman–Crippen MR) is 194 cm³/mol. The molecule has 5 heteroatoms. The molecule has 0 radical (unpaired) electrons. The van der Waals surface area contributed by atoms with Crippen LogP contribution in [0.2, 0.25) is 0 Å². The van der Waals surface area contributed by atoms with Crippen LogP contribution in [0.15, 0.2) is 36.5 Å². The lowest BCUT2D eigenvalue weighted by molar-refractivity contribution is -0.131. The van der Waals surface area contributed by atoms with Crippen LogP contribution in [0.25, 0.3) is 0 Å². The SMILES string of the molecule is CCCCCCCCC/C=C/C(O)C(CO)NC(=O)C(O)CCCCCCCC/C=C\C/C=C\CCCCCCCCCCC. The van der Waals surface area contributed by atoms with Crippen LogP contribution in [0.4, 0.5) is 0 Å². The van der Waals surface area contributed by atoms with Crippen molar-refractivity contribution < 1.29 is 20.1 Å². The lowest BCUT2D eigenvalue weighted by Crippen LogP contribution is -2.48. The summed E-state index contributed by atoms with van der Waals surface area (Å²) in [6.45, 7) is 4.13. The van der Waals surface area contributed by atoms with Crippen molar-refractivity contribution in [3.63, 3.8) is 0 Å². The molecule has 3 unspecified atom stereocenters. The van der Waals surface area contributed by atoms with Gasteiger partial charge in [0, 0.05) is 0 Å². The van der Waals surface area contributed by atoms with Crippen molar-refractivity contribution in [1.82, 2.24) is 5.32 Å². The third kappa shape index (κ3) is 31.0. The molecule has 0 aliphatic rings. The molecule has 0 bridgehead atoms. The molecule has 264 valence electrons. The number of rotatable bonds is 34. The monoisotopic (exact) mass is 634 g/mol. The largest absolute Gasteiger partial charge is 0.394 e. The number of allylic oxidation sites excluding steroid dienone is 5. The fourth-order valence-corrected chi connectivity index (χ4v) is 5.62. The number of aliphatic hydroxyl groups is 3. The van der Waals surface area contributed by atoms with Crippen molar-refractivity contribution in [1.29, 1.82) is 0 Å². The number of carbonyl (C=O) groups excluding carboxylic acids is 1.